The Labute approximate surface area is 180 Å². The van der Waals surface area contributed by atoms with Crippen LogP contribution in [0.1, 0.15) is 71.8 Å². The first-order valence-electron chi connectivity index (χ1n) is 11.3. The van der Waals surface area contributed by atoms with E-state index in [9.17, 15) is 4.79 Å². The average molecular weight is 408 g/mol. The lowest BCUT2D eigenvalue weighted by Crippen LogP contribution is -2.41. The fourth-order valence-corrected chi connectivity index (χ4v) is 4.58. The number of hydrogen-bond acceptors (Lipinski definition) is 4. The highest BCUT2D eigenvalue weighted by Crippen LogP contribution is 2.38. The first-order valence-corrected chi connectivity index (χ1v) is 11.3. The van der Waals surface area contributed by atoms with E-state index in [1.54, 1.807) is 0 Å². The predicted molar refractivity (Wildman–Crippen MR) is 121 cm³/mol. The molecule has 0 spiro atoms. The predicted octanol–water partition coefficient (Wildman–Crippen LogP) is 4.98. The van der Waals surface area contributed by atoms with Gasteiger partial charge in [-0.2, -0.15) is 0 Å². The molecular weight excluding hydrogens is 375 g/mol. The molecule has 4 rings (SSSR count). The smallest absolute Gasteiger partial charge is 0.466 e. The molecule has 1 heterocycles. The van der Waals surface area contributed by atoms with Crippen molar-refractivity contribution >= 4 is 29.3 Å². The molecule has 0 amide bonds. The molecule has 0 aromatic heterocycles. The summed E-state index contributed by atoms with van der Waals surface area (Å²) in [5.41, 5.74) is 1.76. The minimum absolute atomic E-state index is 0.0234. The number of carbonyl (C=O) groups is 1. The number of rotatable bonds is 4. The second-order valence-corrected chi connectivity index (χ2v) is 9.75. The average Bonchev–Trinajstić information content (AvgIpc) is 2.94. The van der Waals surface area contributed by atoms with Crippen molar-refractivity contribution in [1.29, 1.82) is 0 Å². The number of hydrogen-bond donors (Lipinski definition) is 0. The van der Waals surface area contributed by atoms with Crippen molar-refractivity contribution in [3.8, 4) is 0 Å². The van der Waals surface area contributed by atoms with Crippen molar-refractivity contribution < 1.29 is 18.8 Å². The number of benzene rings is 2. The molecule has 0 N–H and O–H groups in total. The molecule has 1 aliphatic heterocycles. The van der Waals surface area contributed by atoms with Gasteiger partial charge < -0.3 is 14.0 Å². The van der Waals surface area contributed by atoms with Crippen molar-refractivity contribution in [2.24, 2.45) is 5.92 Å². The molecule has 1 saturated heterocycles. The van der Waals surface area contributed by atoms with E-state index in [0.29, 0.717) is 12.5 Å². The van der Waals surface area contributed by atoms with Crippen LogP contribution in [-0.4, -0.2) is 30.9 Å². The standard InChI is InChI=1S/C25H33BO4/c1-6-28-23(27)18-9-7-17(8-10-18)19-11-12-21-16-22(14-13-20(21)15-19)26-29-24(2,3)25(4,5)30-26/h11-18H,6-10H2,1-5H3. The Morgan fingerprint density at radius 2 is 1.57 bits per heavy atom. The van der Waals surface area contributed by atoms with Crippen molar-refractivity contribution in [1.82, 2.24) is 0 Å². The van der Waals surface area contributed by atoms with E-state index in [-0.39, 0.29) is 30.2 Å². The second-order valence-electron chi connectivity index (χ2n) is 9.75. The number of esters is 1. The zero-order valence-electron chi connectivity index (χ0n) is 18.9. The van der Waals surface area contributed by atoms with E-state index in [1.165, 1.54) is 16.3 Å². The molecule has 0 radical (unpaired) electrons. The van der Waals surface area contributed by atoms with Crippen LogP contribution in [-0.2, 0) is 18.8 Å². The minimum atomic E-state index is -0.336. The van der Waals surface area contributed by atoms with Gasteiger partial charge in [0.05, 0.1) is 23.7 Å². The third-order valence-corrected chi connectivity index (χ3v) is 7.23. The molecule has 2 aliphatic rings. The molecule has 5 heteroatoms. The molecule has 0 atom stereocenters. The van der Waals surface area contributed by atoms with Crippen LogP contribution in [0.3, 0.4) is 0 Å². The molecule has 2 aromatic rings. The lowest BCUT2D eigenvalue weighted by atomic mass is 9.77. The molecule has 1 saturated carbocycles. The molecule has 2 fully saturated rings. The quantitative estimate of drug-likeness (QED) is 0.529. The van der Waals surface area contributed by atoms with E-state index in [4.69, 9.17) is 14.0 Å². The van der Waals surface area contributed by atoms with Gasteiger partial charge in [-0.1, -0.05) is 36.4 Å². The van der Waals surface area contributed by atoms with Crippen molar-refractivity contribution in [3.05, 3.63) is 42.0 Å². The fraction of sp³-hybridized carbons (Fsp3) is 0.560. The minimum Gasteiger partial charge on any atom is -0.466 e. The lowest BCUT2D eigenvalue weighted by molar-refractivity contribution is -0.149. The van der Waals surface area contributed by atoms with Crippen molar-refractivity contribution in [2.45, 2.75) is 77.4 Å². The van der Waals surface area contributed by atoms with E-state index in [0.717, 1.165) is 31.1 Å². The van der Waals surface area contributed by atoms with Gasteiger partial charge in [-0.25, -0.2) is 0 Å². The molecular formula is C25H33BO4. The number of ether oxygens (including phenoxy) is 1. The maximum absolute atomic E-state index is 12.0. The molecule has 160 valence electrons. The Kier molecular flexibility index (Phi) is 5.71. The van der Waals surface area contributed by atoms with Gasteiger partial charge in [0.15, 0.2) is 0 Å². The van der Waals surface area contributed by atoms with Crippen LogP contribution >= 0.6 is 0 Å². The highest BCUT2D eigenvalue weighted by Gasteiger charge is 2.51. The Balaban J connectivity index is 1.47. The lowest BCUT2D eigenvalue weighted by Gasteiger charge is -2.32. The zero-order valence-corrected chi connectivity index (χ0v) is 18.9. The summed E-state index contributed by atoms with van der Waals surface area (Å²) >= 11 is 0. The van der Waals surface area contributed by atoms with E-state index >= 15 is 0 Å². The van der Waals surface area contributed by atoms with Gasteiger partial charge in [-0.05, 0) is 88.0 Å². The van der Waals surface area contributed by atoms with E-state index < -0.39 is 0 Å². The van der Waals surface area contributed by atoms with Gasteiger partial charge in [-0.15, -0.1) is 0 Å². The van der Waals surface area contributed by atoms with Crippen molar-refractivity contribution in [3.63, 3.8) is 0 Å². The monoisotopic (exact) mass is 408 g/mol. The Hall–Kier alpha value is -1.85. The van der Waals surface area contributed by atoms with Crippen LogP contribution in [0.15, 0.2) is 36.4 Å². The number of carbonyl (C=O) groups excluding carboxylic acids is 1. The summed E-state index contributed by atoms with van der Waals surface area (Å²) in [6.45, 7) is 10.7. The largest absolute Gasteiger partial charge is 0.494 e. The molecule has 4 nitrogen and oxygen atoms in total. The van der Waals surface area contributed by atoms with Crippen LogP contribution in [0.5, 0.6) is 0 Å². The summed E-state index contributed by atoms with van der Waals surface area (Å²) in [6.07, 6.45) is 3.92. The molecule has 2 aromatic carbocycles. The van der Waals surface area contributed by atoms with Crippen LogP contribution in [0.4, 0.5) is 0 Å². The molecule has 0 bridgehead atoms. The second kappa shape index (κ2) is 8.01. The summed E-state index contributed by atoms with van der Waals surface area (Å²) in [7, 11) is -0.336. The topological polar surface area (TPSA) is 44.8 Å². The van der Waals surface area contributed by atoms with Gasteiger partial charge >= 0.3 is 13.1 Å². The third kappa shape index (κ3) is 4.02. The molecule has 1 aliphatic carbocycles. The highest BCUT2D eigenvalue weighted by molar-refractivity contribution is 6.62. The van der Waals surface area contributed by atoms with E-state index in [1.807, 2.05) is 6.92 Å². The Morgan fingerprint density at radius 3 is 2.20 bits per heavy atom. The van der Waals surface area contributed by atoms with Crippen LogP contribution in [0, 0.1) is 5.92 Å². The molecule has 30 heavy (non-hydrogen) atoms. The zero-order chi connectivity index (χ0) is 21.5. The first-order chi connectivity index (χ1) is 14.2. The summed E-state index contributed by atoms with van der Waals surface area (Å²) in [6, 6.07) is 13.2. The summed E-state index contributed by atoms with van der Waals surface area (Å²) in [5.74, 6) is 0.566. The molecule has 0 unspecified atom stereocenters. The Bertz CT molecular complexity index is 912. The van der Waals surface area contributed by atoms with Gasteiger partial charge in [0.1, 0.15) is 0 Å². The van der Waals surface area contributed by atoms with Gasteiger partial charge in [0, 0.05) is 0 Å². The van der Waals surface area contributed by atoms with Gasteiger partial charge in [0.2, 0.25) is 0 Å². The third-order valence-electron chi connectivity index (χ3n) is 7.23. The maximum atomic E-state index is 12.0. The summed E-state index contributed by atoms with van der Waals surface area (Å²) in [5, 5.41) is 2.44. The van der Waals surface area contributed by atoms with E-state index in [2.05, 4.69) is 64.1 Å². The van der Waals surface area contributed by atoms with Gasteiger partial charge in [0.25, 0.3) is 0 Å². The Morgan fingerprint density at radius 1 is 0.967 bits per heavy atom. The fourth-order valence-electron chi connectivity index (χ4n) is 4.58. The van der Waals surface area contributed by atoms with Crippen molar-refractivity contribution in [2.75, 3.05) is 6.61 Å². The summed E-state index contributed by atoms with van der Waals surface area (Å²) < 4.78 is 17.6. The maximum Gasteiger partial charge on any atom is 0.494 e. The van der Waals surface area contributed by atoms with Crippen LogP contribution in [0.2, 0.25) is 0 Å². The first kappa shape index (κ1) is 21.4. The van der Waals surface area contributed by atoms with Crippen LogP contribution < -0.4 is 5.46 Å². The summed E-state index contributed by atoms with van der Waals surface area (Å²) in [4.78, 5) is 12.0. The van der Waals surface area contributed by atoms with Gasteiger partial charge in [-0.3, -0.25) is 4.79 Å². The normalized spacial score (nSPS) is 25.4. The number of fused-ring (bicyclic) bond motifs is 1. The SMILES string of the molecule is CCOC(=O)C1CCC(c2ccc3cc(B4OC(C)(C)C(C)(C)O4)ccc3c2)CC1. The highest BCUT2D eigenvalue weighted by atomic mass is 16.7. The van der Waals surface area contributed by atoms with Crippen LogP contribution in [0.25, 0.3) is 10.8 Å².